The molecule has 0 spiro atoms. The topological polar surface area (TPSA) is 40.5 Å². The maximum absolute atomic E-state index is 11.7. The van der Waals surface area contributed by atoms with E-state index >= 15 is 0 Å². The molecular formula is C11H12INO2. The van der Waals surface area contributed by atoms with Crippen LogP contribution in [0.1, 0.15) is 6.42 Å². The predicted molar refractivity (Wildman–Crippen MR) is 66.7 cm³/mol. The number of aliphatic hydroxyl groups excluding tert-OH is 1. The van der Waals surface area contributed by atoms with Crippen molar-refractivity contribution in [3.05, 3.63) is 27.8 Å². The van der Waals surface area contributed by atoms with Crippen LogP contribution in [0.25, 0.3) is 0 Å². The Labute approximate surface area is 102 Å². The second-order valence-electron chi connectivity index (χ2n) is 3.71. The summed E-state index contributed by atoms with van der Waals surface area (Å²) in [5.74, 6) is 0.201. The average molecular weight is 317 g/mol. The molecule has 2 rings (SSSR count). The quantitative estimate of drug-likeness (QED) is 0.843. The van der Waals surface area contributed by atoms with E-state index in [0.717, 1.165) is 9.26 Å². The van der Waals surface area contributed by atoms with Crippen LogP contribution in [-0.2, 0) is 4.79 Å². The minimum atomic E-state index is 0.0889. The lowest BCUT2D eigenvalue weighted by molar-refractivity contribution is -0.117. The fourth-order valence-electron chi connectivity index (χ4n) is 1.81. The molecule has 1 aromatic carbocycles. The summed E-state index contributed by atoms with van der Waals surface area (Å²) in [7, 11) is 0. The smallest absolute Gasteiger partial charge is 0.227 e. The third kappa shape index (κ3) is 2.15. The van der Waals surface area contributed by atoms with Crippen molar-refractivity contribution >= 4 is 34.2 Å². The summed E-state index contributed by atoms with van der Waals surface area (Å²) in [6.07, 6.45) is 0.460. The molecular weight excluding hydrogens is 305 g/mol. The van der Waals surface area contributed by atoms with E-state index in [9.17, 15) is 4.79 Å². The van der Waals surface area contributed by atoms with Crippen LogP contribution < -0.4 is 4.90 Å². The standard InChI is InChI=1S/C11H12INO2/c12-9-3-1-2-4-10(9)13-6-8(7-14)5-11(13)15/h1-4,8,14H,5-7H2. The Bertz CT molecular complexity index is 381. The number of carbonyl (C=O) groups is 1. The Morgan fingerprint density at radius 1 is 1.47 bits per heavy atom. The molecule has 1 saturated heterocycles. The van der Waals surface area contributed by atoms with Crippen molar-refractivity contribution in [3.8, 4) is 0 Å². The van der Waals surface area contributed by atoms with Gasteiger partial charge in [-0.25, -0.2) is 0 Å². The highest BCUT2D eigenvalue weighted by atomic mass is 127. The summed E-state index contributed by atoms with van der Waals surface area (Å²) >= 11 is 2.22. The van der Waals surface area contributed by atoms with Crippen molar-refractivity contribution in [2.45, 2.75) is 6.42 Å². The highest BCUT2D eigenvalue weighted by molar-refractivity contribution is 14.1. The molecule has 4 heteroatoms. The third-order valence-corrected chi connectivity index (χ3v) is 3.52. The van der Waals surface area contributed by atoms with Gasteiger partial charge >= 0.3 is 0 Å². The van der Waals surface area contributed by atoms with Crippen molar-refractivity contribution in [2.75, 3.05) is 18.1 Å². The lowest BCUT2D eigenvalue weighted by atomic mass is 10.1. The normalized spacial score (nSPS) is 21.1. The van der Waals surface area contributed by atoms with E-state index in [2.05, 4.69) is 22.6 Å². The number of halogens is 1. The first-order valence-corrected chi connectivity index (χ1v) is 5.96. The van der Waals surface area contributed by atoms with Crippen LogP contribution >= 0.6 is 22.6 Å². The molecule has 1 heterocycles. The van der Waals surface area contributed by atoms with Gasteiger partial charge in [0.15, 0.2) is 0 Å². The van der Waals surface area contributed by atoms with E-state index in [1.807, 2.05) is 24.3 Å². The van der Waals surface area contributed by atoms with Gasteiger partial charge in [0.2, 0.25) is 5.91 Å². The van der Waals surface area contributed by atoms with E-state index < -0.39 is 0 Å². The lowest BCUT2D eigenvalue weighted by Crippen LogP contribution is -2.25. The van der Waals surface area contributed by atoms with Gasteiger partial charge < -0.3 is 10.0 Å². The van der Waals surface area contributed by atoms with Gasteiger partial charge in [-0.3, -0.25) is 4.79 Å². The van der Waals surface area contributed by atoms with Crippen molar-refractivity contribution in [3.63, 3.8) is 0 Å². The van der Waals surface area contributed by atoms with Crippen LogP contribution in [0.15, 0.2) is 24.3 Å². The van der Waals surface area contributed by atoms with Crippen LogP contribution in [-0.4, -0.2) is 24.2 Å². The summed E-state index contributed by atoms with van der Waals surface area (Å²) in [5, 5.41) is 9.04. The number of aliphatic hydroxyl groups is 1. The fraction of sp³-hybridized carbons (Fsp3) is 0.364. The first-order chi connectivity index (χ1) is 7.22. The zero-order chi connectivity index (χ0) is 10.8. The minimum Gasteiger partial charge on any atom is -0.396 e. The Morgan fingerprint density at radius 2 is 2.20 bits per heavy atom. The monoisotopic (exact) mass is 317 g/mol. The molecule has 0 bridgehead atoms. The maximum Gasteiger partial charge on any atom is 0.227 e. The molecule has 1 amide bonds. The molecule has 1 aliphatic rings. The van der Waals surface area contributed by atoms with Crippen molar-refractivity contribution in [1.29, 1.82) is 0 Å². The molecule has 1 atom stereocenters. The first-order valence-electron chi connectivity index (χ1n) is 4.88. The summed E-state index contributed by atoms with van der Waals surface area (Å²) in [5.41, 5.74) is 0.957. The molecule has 0 aliphatic carbocycles. The Hall–Kier alpha value is -0.620. The summed E-state index contributed by atoms with van der Waals surface area (Å²) in [6.45, 7) is 0.723. The number of carbonyl (C=O) groups excluding carboxylic acids is 1. The van der Waals surface area contributed by atoms with Gasteiger partial charge in [0.25, 0.3) is 0 Å². The largest absolute Gasteiger partial charge is 0.396 e. The van der Waals surface area contributed by atoms with Crippen LogP contribution in [0.4, 0.5) is 5.69 Å². The minimum absolute atomic E-state index is 0.0889. The SMILES string of the molecule is O=C1CC(CO)CN1c1ccccc1I. The summed E-state index contributed by atoms with van der Waals surface area (Å²) in [6, 6.07) is 7.81. The average Bonchev–Trinajstić information content (AvgIpc) is 2.60. The molecule has 3 nitrogen and oxygen atoms in total. The number of para-hydroxylation sites is 1. The van der Waals surface area contributed by atoms with Crippen LogP contribution in [0.3, 0.4) is 0 Å². The van der Waals surface area contributed by atoms with Gasteiger partial charge in [-0.15, -0.1) is 0 Å². The van der Waals surface area contributed by atoms with Gasteiger partial charge in [0, 0.05) is 29.1 Å². The van der Waals surface area contributed by atoms with Crippen molar-refractivity contribution in [1.82, 2.24) is 0 Å². The fourth-order valence-corrected chi connectivity index (χ4v) is 2.49. The molecule has 0 aromatic heterocycles. The molecule has 1 fully saturated rings. The van der Waals surface area contributed by atoms with E-state index in [4.69, 9.17) is 5.11 Å². The van der Waals surface area contributed by atoms with Crippen LogP contribution in [0, 0.1) is 9.49 Å². The first kappa shape index (κ1) is 10.9. The number of benzene rings is 1. The van der Waals surface area contributed by atoms with Gasteiger partial charge in [-0.05, 0) is 34.7 Å². The molecule has 0 radical (unpaired) electrons. The Balaban J connectivity index is 2.25. The number of hydrogen-bond donors (Lipinski definition) is 1. The van der Waals surface area contributed by atoms with E-state index in [1.54, 1.807) is 4.90 Å². The van der Waals surface area contributed by atoms with Crippen LogP contribution in [0.5, 0.6) is 0 Å². The predicted octanol–water partition coefficient (Wildman–Crippen LogP) is 1.64. The zero-order valence-electron chi connectivity index (χ0n) is 8.19. The van der Waals surface area contributed by atoms with Crippen molar-refractivity contribution < 1.29 is 9.90 Å². The van der Waals surface area contributed by atoms with Gasteiger partial charge in [0.1, 0.15) is 0 Å². The number of rotatable bonds is 2. The number of nitrogens with zero attached hydrogens (tertiary/aromatic N) is 1. The number of amides is 1. The maximum atomic E-state index is 11.7. The molecule has 15 heavy (non-hydrogen) atoms. The Morgan fingerprint density at radius 3 is 2.80 bits per heavy atom. The zero-order valence-corrected chi connectivity index (χ0v) is 10.3. The molecule has 1 unspecified atom stereocenters. The number of hydrogen-bond acceptors (Lipinski definition) is 2. The molecule has 1 aromatic rings. The van der Waals surface area contributed by atoms with E-state index in [1.165, 1.54) is 0 Å². The van der Waals surface area contributed by atoms with Gasteiger partial charge in [0.05, 0.1) is 5.69 Å². The third-order valence-electron chi connectivity index (χ3n) is 2.61. The van der Waals surface area contributed by atoms with E-state index in [0.29, 0.717) is 13.0 Å². The highest BCUT2D eigenvalue weighted by Crippen LogP contribution is 2.28. The highest BCUT2D eigenvalue weighted by Gasteiger charge is 2.30. The second kappa shape index (κ2) is 4.49. The van der Waals surface area contributed by atoms with E-state index in [-0.39, 0.29) is 18.4 Å². The van der Waals surface area contributed by atoms with Gasteiger partial charge in [-0.1, -0.05) is 12.1 Å². The summed E-state index contributed by atoms with van der Waals surface area (Å²) < 4.78 is 1.07. The number of anilines is 1. The molecule has 1 aliphatic heterocycles. The Kier molecular flexibility index (Phi) is 3.25. The molecule has 80 valence electrons. The van der Waals surface area contributed by atoms with Gasteiger partial charge in [-0.2, -0.15) is 0 Å². The summed E-state index contributed by atoms with van der Waals surface area (Å²) in [4.78, 5) is 13.5. The molecule has 0 saturated carbocycles. The second-order valence-corrected chi connectivity index (χ2v) is 4.87. The molecule has 1 N–H and O–H groups in total. The van der Waals surface area contributed by atoms with Crippen molar-refractivity contribution in [2.24, 2.45) is 5.92 Å². The van der Waals surface area contributed by atoms with Crippen LogP contribution in [0.2, 0.25) is 0 Å². The lowest BCUT2D eigenvalue weighted by Gasteiger charge is -2.17.